The minimum Gasteiger partial charge on any atom is -0.494 e. The number of carbonyl (C=O) groups excluding carboxylic acids is 1. The van der Waals surface area contributed by atoms with E-state index in [2.05, 4.69) is 15.0 Å². The van der Waals surface area contributed by atoms with Crippen LogP contribution in [0.15, 0.2) is 75.4 Å². The molecular weight excluding hydrogens is 436 g/mol. The first kappa shape index (κ1) is 22.8. The Morgan fingerprint density at radius 1 is 1.15 bits per heavy atom. The minimum absolute atomic E-state index is 0.155. The quantitative estimate of drug-likeness (QED) is 0.274. The minimum atomic E-state index is -0.951. The topological polar surface area (TPSA) is 130 Å². The van der Waals surface area contributed by atoms with Crippen LogP contribution in [0, 0.1) is 0 Å². The molecule has 9 nitrogen and oxygen atoms in total. The van der Waals surface area contributed by atoms with Gasteiger partial charge in [-0.05, 0) is 23.6 Å². The zero-order valence-electron chi connectivity index (χ0n) is 18.5. The van der Waals surface area contributed by atoms with Gasteiger partial charge in [-0.2, -0.15) is 0 Å². The van der Waals surface area contributed by atoms with Crippen molar-refractivity contribution >= 4 is 23.1 Å². The van der Waals surface area contributed by atoms with Gasteiger partial charge in [-0.25, -0.2) is 9.59 Å². The fourth-order valence-corrected chi connectivity index (χ4v) is 3.79. The highest BCUT2D eigenvalue weighted by Gasteiger charge is 2.21. The Balaban J connectivity index is 1.62. The summed E-state index contributed by atoms with van der Waals surface area (Å²) in [6, 6.07) is 16.1. The summed E-state index contributed by atoms with van der Waals surface area (Å²) in [4.78, 5) is 46.7. The van der Waals surface area contributed by atoms with E-state index < -0.39 is 29.1 Å². The summed E-state index contributed by atoms with van der Waals surface area (Å²) in [5.41, 5.74) is 1.02. The molecule has 4 rings (SSSR count). The van der Waals surface area contributed by atoms with Crippen LogP contribution in [0.1, 0.15) is 16.7 Å². The number of aromatic hydroxyl groups is 1. The average molecular weight is 460 g/mol. The number of aryl methyl sites for hydroxylation is 1. The largest absolute Gasteiger partial charge is 0.494 e. The van der Waals surface area contributed by atoms with Gasteiger partial charge >= 0.3 is 11.7 Å². The molecule has 0 saturated heterocycles. The zero-order chi connectivity index (χ0) is 24.1. The van der Waals surface area contributed by atoms with E-state index in [-0.39, 0.29) is 18.5 Å². The van der Waals surface area contributed by atoms with Crippen LogP contribution >= 0.6 is 0 Å². The molecule has 2 aromatic carbocycles. The van der Waals surface area contributed by atoms with Crippen molar-refractivity contribution in [2.75, 3.05) is 7.11 Å². The number of aromatic nitrogens is 3. The molecule has 0 radical (unpaired) electrons. The van der Waals surface area contributed by atoms with Gasteiger partial charge in [-0.3, -0.25) is 19.3 Å². The number of aliphatic imine (C=N–C) groups is 1. The molecule has 4 aromatic rings. The number of fused-ring (bicyclic) bond motifs is 1. The maximum absolute atomic E-state index is 12.4. The highest BCUT2D eigenvalue weighted by atomic mass is 16.5. The standard InChI is InChI=1S/C25H24N4O5/c1-34-24(32)21(13-17-14-26-20-10-6-5-9-18(17)20)27-15-19-22(30)28-25(33)29(23(19)31)12-11-16-7-3-2-4-8-16/h2-10,14-15,21,26,31H,11-13H2,1H3,(H,28,30,33)/t21-/m1/s1. The Labute approximate surface area is 194 Å². The van der Waals surface area contributed by atoms with E-state index >= 15 is 0 Å². The number of nitrogens with zero attached hydrogens (tertiary/aromatic N) is 2. The van der Waals surface area contributed by atoms with Gasteiger partial charge in [-0.15, -0.1) is 0 Å². The molecule has 174 valence electrons. The summed E-state index contributed by atoms with van der Waals surface area (Å²) in [6.07, 6.45) is 3.61. The van der Waals surface area contributed by atoms with E-state index in [9.17, 15) is 19.5 Å². The van der Waals surface area contributed by atoms with Crippen molar-refractivity contribution in [3.05, 3.63) is 98.3 Å². The second kappa shape index (κ2) is 10.0. The van der Waals surface area contributed by atoms with E-state index in [0.29, 0.717) is 6.42 Å². The van der Waals surface area contributed by atoms with Crippen molar-refractivity contribution in [1.29, 1.82) is 0 Å². The fourth-order valence-electron chi connectivity index (χ4n) is 3.79. The molecule has 0 unspecified atom stereocenters. The molecule has 0 amide bonds. The van der Waals surface area contributed by atoms with Gasteiger partial charge < -0.3 is 14.8 Å². The summed E-state index contributed by atoms with van der Waals surface area (Å²) >= 11 is 0. The van der Waals surface area contributed by atoms with E-state index in [0.717, 1.165) is 32.8 Å². The van der Waals surface area contributed by atoms with Crippen LogP contribution in [0.3, 0.4) is 0 Å². The SMILES string of the molecule is COC(=O)[C@@H](Cc1c[nH]c2ccccc12)N=Cc1c(O)n(CCc2ccccc2)c(=O)[nH]c1=O. The maximum atomic E-state index is 12.4. The van der Waals surface area contributed by atoms with Crippen molar-refractivity contribution < 1.29 is 14.6 Å². The Hall–Kier alpha value is -4.40. The first-order valence-corrected chi connectivity index (χ1v) is 10.7. The summed E-state index contributed by atoms with van der Waals surface area (Å²) in [7, 11) is 1.26. The Kier molecular flexibility index (Phi) is 6.72. The van der Waals surface area contributed by atoms with Gasteiger partial charge in [0.25, 0.3) is 5.56 Å². The van der Waals surface area contributed by atoms with Crippen LogP contribution in [0.25, 0.3) is 10.9 Å². The molecule has 1 atom stereocenters. The average Bonchev–Trinajstić information content (AvgIpc) is 3.25. The summed E-state index contributed by atoms with van der Waals surface area (Å²) in [5, 5.41) is 11.6. The number of H-pyrrole nitrogens is 2. The van der Waals surface area contributed by atoms with Crippen LogP contribution in [0.2, 0.25) is 0 Å². The van der Waals surface area contributed by atoms with E-state index in [1.807, 2.05) is 54.6 Å². The molecule has 9 heteroatoms. The van der Waals surface area contributed by atoms with Gasteiger partial charge in [0.1, 0.15) is 5.56 Å². The third-order valence-corrected chi connectivity index (χ3v) is 5.62. The molecule has 0 spiro atoms. The molecule has 0 aliphatic heterocycles. The molecule has 0 saturated carbocycles. The highest BCUT2D eigenvalue weighted by molar-refractivity contribution is 5.87. The van der Waals surface area contributed by atoms with Crippen LogP contribution in [-0.4, -0.2) is 45.0 Å². The maximum Gasteiger partial charge on any atom is 0.331 e. The molecule has 0 fully saturated rings. The molecule has 3 N–H and O–H groups in total. The number of rotatable bonds is 8. The van der Waals surface area contributed by atoms with Crippen LogP contribution in [0.5, 0.6) is 5.88 Å². The number of hydrogen-bond donors (Lipinski definition) is 3. The lowest BCUT2D eigenvalue weighted by Crippen LogP contribution is -2.33. The monoisotopic (exact) mass is 460 g/mol. The third kappa shape index (κ3) is 4.83. The van der Waals surface area contributed by atoms with Gasteiger partial charge in [0.05, 0.1) is 7.11 Å². The number of hydrogen-bond acceptors (Lipinski definition) is 6. The number of carbonyl (C=O) groups is 1. The Bertz CT molecular complexity index is 1450. The lowest BCUT2D eigenvalue weighted by atomic mass is 10.1. The summed E-state index contributed by atoms with van der Waals surface area (Å²) in [6.45, 7) is 0.155. The lowest BCUT2D eigenvalue weighted by molar-refractivity contribution is -0.142. The number of esters is 1. The molecule has 0 aliphatic rings. The normalized spacial score (nSPS) is 12.3. The zero-order valence-corrected chi connectivity index (χ0v) is 18.5. The summed E-state index contributed by atoms with van der Waals surface area (Å²) < 4.78 is 5.96. The first-order valence-electron chi connectivity index (χ1n) is 10.7. The van der Waals surface area contributed by atoms with E-state index in [1.165, 1.54) is 7.11 Å². The highest BCUT2D eigenvalue weighted by Crippen LogP contribution is 2.20. The van der Waals surface area contributed by atoms with Crippen LogP contribution in [0.4, 0.5) is 0 Å². The number of para-hydroxylation sites is 1. The fraction of sp³-hybridized carbons (Fsp3) is 0.200. The number of ether oxygens (including phenoxy) is 1. The van der Waals surface area contributed by atoms with Crippen molar-refractivity contribution in [1.82, 2.24) is 14.5 Å². The van der Waals surface area contributed by atoms with Gasteiger partial charge in [0, 0.05) is 36.3 Å². The van der Waals surface area contributed by atoms with Gasteiger partial charge in [0.15, 0.2) is 6.04 Å². The van der Waals surface area contributed by atoms with Crippen molar-refractivity contribution in [2.45, 2.75) is 25.4 Å². The van der Waals surface area contributed by atoms with Crippen molar-refractivity contribution in [3.63, 3.8) is 0 Å². The second-order valence-corrected chi connectivity index (χ2v) is 7.76. The van der Waals surface area contributed by atoms with E-state index in [1.54, 1.807) is 6.20 Å². The van der Waals surface area contributed by atoms with Crippen molar-refractivity contribution in [3.8, 4) is 5.88 Å². The molecule has 0 aliphatic carbocycles. The summed E-state index contributed by atoms with van der Waals surface area (Å²) in [5.74, 6) is -1.10. The molecule has 0 bridgehead atoms. The third-order valence-electron chi connectivity index (χ3n) is 5.62. The lowest BCUT2D eigenvalue weighted by Gasteiger charge is -2.11. The number of methoxy groups -OCH3 is 1. The van der Waals surface area contributed by atoms with E-state index in [4.69, 9.17) is 4.74 Å². The molecule has 2 heterocycles. The van der Waals surface area contributed by atoms with Crippen LogP contribution in [-0.2, 0) is 28.9 Å². The predicted octanol–water partition coefficient (Wildman–Crippen LogP) is 2.17. The van der Waals surface area contributed by atoms with Gasteiger partial charge in [-0.1, -0.05) is 48.5 Å². The molecule has 2 aromatic heterocycles. The number of nitrogens with one attached hydrogen (secondary N) is 2. The smallest absolute Gasteiger partial charge is 0.331 e. The number of aromatic amines is 2. The molecule has 34 heavy (non-hydrogen) atoms. The Morgan fingerprint density at radius 3 is 2.65 bits per heavy atom. The first-order chi connectivity index (χ1) is 16.5. The van der Waals surface area contributed by atoms with Crippen molar-refractivity contribution in [2.24, 2.45) is 4.99 Å². The second-order valence-electron chi connectivity index (χ2n) is 7.76. The number of benzene rings is 2. The predicted molar refractivity (Wildman–Crippen MR) is 129 cm³/mol. The Morgan fingerprint density at radius 2 is 1.88 bits per heavy atom. The molecular formula is C25H24N4O5. The van der Waals surface area contributed by atoms with Crippen LogP contribution < -0.4 is 11.2 Å². The van der Waals surface area contributed by atoms with Gasteiger partial charge in [0.2, 0.25) is 5.88 Å².